The molecule has 2 heteroatoms. The minimum atomic E-state index is 0.413. The maximum absolute atomic E-state index is 10.8. The molecule has 0 atom stereocenters. The van der Waals surface area contributed by atoms with Gasteiger partial charge in [-0.25, -0.2) is 0 Å². The summed E-state index contributed by atoms with van der Waals surface area (Å²) in [5, 5.41) is 8.29. The Morgan fingerprint density at radius 2 is 1.78 bits per heavy atom. The largest absolute Gasteiger partial charge is 0.300 e. The summed E-state index contributed by atoms with van der Waals surface area (Å²) in [6, 6.07) is 11.2. The molecule has 0 aliphatic heterocycles. The first-order valence-electron chi connectivity index (χ1n) is 6.71. The van der Waals surface area contributed by atoms with Gasteiger partial charge in [0.15, 0.2) is 0 Å². The molecule has 98 valence electrons. The van der Waals surface area contributed by atoms with Gasteiger partial charge in [0.2, 0.25) is 0 Å². The number of hydrogen-bond donors (Lipinski definition) is 0. The van der Waals surface area contributed by atoms with E-state index in [0.717, 1.165) is 12.8 Å². The number of Topliss-reactive ketones (excluding diaryl/α,β-unsaturated/α-hetero) is 1. The Bertz CT molecular complexity index is 351. The van der Waals surface area contributed by atoms with Crippen molar-refractivity contribution >= 4 is 5.78 Å². The molecule has 1 rings (SSSR count). The smallest absolute Gasteiger partial charge is 0.132 e. The fourth-order valence-corrected chi connectivity index (χ4v) is 1.44. The van der Waals surface area contributed by atoms with Crippen molar-refractivity contribution in [3.8, 4) is 6.07 Å². The Morgan fingerprint density at radius 1 is 1.11 bits per heavy atom. The zero-order valence-corrected chi connectivity index (χ0v) is 11.5. The summed E-state index contributed by atoms with van der Waals surface area (Å²) < 4.78 is 0. The van der Waals surface area contributed by atoms with Crippen LogP contribution in [0.3, 0.4) is 0 Å². The van der Waals surface area contributed by atoms with Gasteiger partial charge >= 0.3 is 0 Å². The van der Waals surface area contributed by atoms with E-state index in [0.29, 0.717) is 17.8 Å². The molecule has 0 amide bonds. The van der Waals surface area contributed by atoms with E-state index in [-0.39, 0.29) is 0 Å². The van der Waals surface area contributed by atoms with Crippen molar-refractivity contribution in [1.29, 1.82) is 5.26 Å². The molecule has 1 aromatic carbocycles. The lowest BCUT2D eigenvalue weighted by atomic mass is 10.1. The van der Waals surface area contributed by atoms with Crippen molar-refractivity contribution in [3.05, 3.63) is 35.9 Å². The van der Waals surface area contributed by atoms with Crippen molar-refractivity contribution in [2.75, 3.05) is 0 Å². The number of ketones is 1. The molecule has 0 aliphatic rings. The lowest BCUT2D eigenvalue weighted by Gasteiger charge is -1.96. The number of unbranched alkanes of at least 4 members (excludes halogenated alkanes) is 3. The van der Waals surface area contributed by atoms with Gasteiger partial charge in [0.05, 0.1) is 11.6 Å². The summed E-state index contributed by atoms with van der Waals surface area (Å²) in [6.07, 6.45) is 6.36. The van der Waals surface area contributed by atoms with Gasteiger partial charge in [-0.3, -0.25) is 4.79 Å². The van der Waals surface area contributed by atoms with E-state index in [1.165, 1.54) is 19.3 Å². The highest BCUT2D eigenvalue weighted by Gasteiger charge is 1.95. The summed E-state index contributed by atoms with van der Waals surface area (Å²) in [7, 11) is 0. The normalized spacial score (nSPS) is 8.94. The molecule has 0 fully saturated rings. The molecule has 0 N–H and O–H groups in total. The van der Waals surface area contributed by atoms with Crippen molar-refractivity contribution in [1.82, 2.24) is 0 Å². The number of nitrogens with zero attached hydrogens (tertiary/aromatic N) is 1. The highest BCUT2D eigenvalue weighted by atomic mass is 16.1. The van der Waals surface area contributed by atoms with E-state index >= 15 is 0 Å². The number of carbonyl (C=O) groups is 1. The van der Waals surface area contributed by atoms with Crippen LogP contribution < -0.4 is 0 Å². The zero-order valence-electron chi connectivity index (χ0n) is 11.5. The summed E-state index contributed by atoms with van der Waals surface area (Å²) in [6.45, 7) is 4.11. The molecule has 18 heavy (non-hydrogen) atoms. The summed E-state index contributed by atoms with van der Waals surface area (Å²) in [5.41, 5.74) is 0.715. The van der Waals surface area contributed by atoms with Crippen LogP contribution in [-0.4, -0.2) is 5.78 Å². The molecule has 0 heterocycles. The lowest BCUT2D eigenvalue weighted by Crippen LogP contribution is -1.93. The van der Waals surface area contributed by atoms with Gasteiger partial charge < -0.3 is 0 Å². The number of rotatable bonds is 6. The molecular weight excluding hydrogens is 222 g/mol. The Kier molecular flexibility index (Phi) is 10.8. The van der Waals surface area contributed by atoms with Crippen LogP contribution in [0.1, 0.15) is 57.9 Å². The summed E-state index contributed by atoms with van der Waals surface area (Å²) >= 11 is 0. The van der Waals surface area contributed by atoms with Crippen molar-refractivity contribution in [3.63, 3.8) is 0 Å². The van der Waals surface area contributed by atoms with Crippen LogP contribution in [0, 0.1) is 11.3 Å². The quantitative estimate of drug-likeness (QED) is 0.693. The van der Waals surface area contributed by atoms with E-state index in [1.54, 1.807) is 12.1 Å². The summed E-state index contributed by atoms with van der Waals surface area (Å²) in [5.74, 6) is 0.413. The van der Waals surface area contributed by atoms with E-state index in [1.807, 2.05) is 31.2 Å². The van der Waals surface area contributed by atoms with Crippen LogP contribution in [0.5, 0.6) is 0 Å². The van der Waals surface area contributed by atoms with Gasteiger partial charge in [-0.15, -0.1) is 0 Å². The third-order valence-electron chi connectivity index (χ3n) is 2.61. The van der Waals surface area contributed by atoms with E-state index in [9.17, 15) is 4.79 Å². The van der Waals surface area contributed by atoms with Gasteiger partial charge in [-0.2, -0.15) is 5.26 Å². The standard InChI is InChI=1S/C9H18O.C7H5N/c1-3-5-6-7-8-9(10)4-2;8-6-7-4-2-1-3-5-7/h3-8H2,1-2H3;1-5H. The fraction of sp³-hybridized carbons (Fsp3) is 0.500. The Hall–Kier alpha value is -1.62. The lowest BCUT2D eigenvalue weighted by molar-refractivity contribution is -0.118. The second-order valence-electron chi connectivity index (χ2n) is 4.18. The average molecular weight is 245 g/mol. The Morgan fingerprint density at radius 3 is 2.22 bits per heavy atom. The van der Waals surface area contributed by atoms with Gasteiger partial charge in [0.25, 0.3) is 0 Å². The van der Waals surface area contributed by atoms with Gasteiger partial charge in [0, 0.05) is 12.8 Å². The monoisotopic (exact) mass is 245 g/mol. The number of carbonyl (C=O) groups excluding carboxylic acids is 1. The molecule has 0 aliphatic carbocycles. The second kappa shape index (κ2) is 11.9. The van der Waals surface area contributed by atoms with Gasteiger partial charge in [-0.1, -0.05) is 51.3 Å². The van der Waals surface area contributed by atoms with Crippen molar-refractivity contribution in [2.45, 2.75) is 52.4 Å². The first-order chi connectivity index (χ1) is 8.74. The molecule has 0 spiro atoms. The third kappa shape index (κ3) is 9.59. The first kappa shape index (κ1) is 16.4. The highest BCUT2D eigenvalue weighted by Crippen LogP contribution is 2.03. The van der Waals surface area contributed by atoms with Crippen LogP contribution in [-0.2, 0) is 4.79 Å². The van der Waals surface area contributed by atoms with Crippen LogP contribution in [0.15, 0.2) is 30.3 Å². The number of hydrogen-bond acceptors (Lipinski definition) is 2. The van der Waals surface area contributed by atoms with E-state index < -0.39 is 0 Å². The molecule has 0 saturated heterocycles. The number of benzene rings is 1. The molecule has 2 nitrogen and oxygen atoms in total. The minimum Gasteiger partial charge on any atom is -0.300 e. The maximum atomic E-state index is 10.8. The summed E-state index contributed by atoms with van der Waals surface area (Å²) in [4.78, 5) is 10.8. The maximum Gasteiger partial charge on any atom is 0.132 e. The molecule has 1 aromatic rings. The van der Waals surface area contributed by atoms with Crippen LogP contribution in [0.25, 0.3) is 0 Å². The highest BCUT2D eigenvalue weighted by molar-refractivity contribution is 5.77. The van der Waals surface area contributed by atoms with Crippen molar-refractivity contribution < 1.29 is 4.79 Å². The zero-order chi connectivity index (χ0) is 13.6. The molecule has 0 aromatic heterocycles. The van der Waals surface area contributed by atoms with E-state index in [4.69, 9.17) is 5.26 Å². The third-order valence-corrected chi connectivity index (χ3v) is 2.61. The van der Waals surface area contributed by atoms with Gasteiger partial charge in [0.1, 0.15) is 5.78 Å². The predicted octanol–water partition coefficient (Wildman–Crippen LogP) is 4.49. The minimum absolute atomic E-state index is 0.413. The molecule has 0 radical (unpaired) electrons. The van der Waals surface area contributed by atoms with Crippen LogP contribution in [0.2, 0.25) is 0 Å². The predicted molar refractivity (Wildman–Crippen MR) is 75.2 cm³/mol. The second-order valence-corrected chi connectivity index (χ2v) is 4.18. The van der Waals surface area contributed by atoms with E-state index in [2.05, 4.69) is 6.92 Å². The molecule has 0 unspecified atom stereocenters. The first-order valence-corrected chi connectivity index (χ1v) is 6.71. The molecule has 0 saturated carbocycles. The Labute approximate surface area is 111 Å². The van der Waals surface area contributed by atoms with Crippen LogP contribution in [0.4, 0.5) is 0 Å². The van der Waals surface area contributed by atoms with Crippen LogP contribution >= 0.6 is 0 Å². The molecular formula is C16H23NO. The molecule has 0 bridgehead atoms. The Balaban J connectivity index is 0.000000327. The topological polar surface area (TPSA) is 40.9 Å². The SMILES string of the molecule is CCCCCCC(=O)CC.N#Cc1ccccc1. The fourth-order valence-electron chi connectivity index (χ4n) is 1.44. The van der Waals surface area contributed by atoms with Gasteiger partial charge in [-0.05, 0) is 18.6 Å². The number of nitriles is 1. The van der Waals surface area contributed by atoms with Crippen molar-refractivity contribution in [2.24, 2.45) is 0 Å². The average Bonchev–Trinajstić information content (AvgIpc) is 2.45.